The Morgan fingerprint density at radius 3 is 2.96 bits per heavy atom. The molecule has 6 nitrogen and oxygen atoms in total. The van der Waals surface area contributed by atoms with E-state index in [1.807, 2.05) is 12.1 Å². The maximum absolute atomic E-state index is 12.7. The van der Waals surface area contributed by atoms with Gasteiger partial charge in [0.25, 0.3) is 10.0 Å². The zero-order valence-electron chi connectivity index (χ0n) is 12.1. The SMILES string of the molecule is O=S(=O)(Nc1ccc2c(c1)CNCC2)c1cccc2nsnc12. The molecule has 3 aromatic rings. The van der Waals surface area contributed by atoms with E-state index in [2.05, 4.69) is 18.8 Å². The highest BCUT2D eigenvalue weighted by Crippen LogP contribution is 2.25. The molecule has 0 fully saturated rings. The molecule has 0 atom stereocenters. The number of hydrogen-bond acceptors (Lipinski definition) is 6. The van der Waals surface area contributed by atoms with Crippen LogP contribution in [-0.4, -0.2) is 23.7 Å². The van der Waals surface area contributed by atoms with Gasteiger partial charge in [0.2, 0.25) is 0 Å². The van der Waals surface area contributed by atoms with E-state index in [-0.39, 0.29) is 4.90 Å². The van der Waals surface area contributed by atoms with Crippen LogP contribution in [0.3, 0.4) is 0 Å². The van der Waals surface area contributed by atoms with Crippen LogP contribution < -0.4 is 10.0 Å². The van der Waals surface area contributed by atoms with Crippen molar-refractivity contribution in [2.75, 3.05) is 11.3 Å². The summed E-state index contributed by atoms with van der Waals surface area (Å²) in [7, 11) is -3.70. The number of anilines is 1. The number of hydrogen-bond donors (Lipinski definition) is 2. The summed E-state index contributed by atoms with van der Waals surface area (Å²) in [4.78, 5) is 0.152. The minimum absolute atomic E-state index is 0.152. The van der Waals surface area contributed by atoms with Gasteiger partial charge in [-0.15, -0.1) is 0 Å². The third-order valence-corrected chi connectivity index (χ3v) is 5.84. The molecule has 0 spiro atoms. The van der Waals surface area contributed by atoms with Gasteiger partial charge in [-0.3, -0.25) is 4.72 Å². The van der Waals surface area contributed by atoms with Crippen LogP contribution in [0.2, 0.25) is 0 Å². The molecule has 4 rings (SSSR count). The molecular formula is C15H14N4O2S2. The van der Waals surface area contributed by atoms with Crippen molar-refractivity contribution in [2.24, 2.45) is 0 Å². The number of rotatable bonds is 3. The molecule has 2 aromatic carbocycles. The van der Waals surface area contributed by atoms with Gasteiger partial charge in [0.1, 0.15) is 15.9 Å². The Bertz CT molecular complexity index is 982. The number of nitrogens with zero attached hydrogens (tertiary/aromatic N) is 2. The van der Waals surface area contributed by atoms with Crippen molar-refractivity contribution in [1.82, 2.24) is 14.1 Å². The third-order valence-electron chi connectivity index (χ3n) is 3.88. The molecule has 0 unspecified atom stereocenters. The highest BCUT2D eigenvalue weighted by molar-refractivity contribution is 7.93. The monoisotopic (exact) mass is 346 g/mol. The molecule has 2 N–H and O–H groups in total. The van der Waals surface area contributed by atoms with Gasteiger partial charge in [-0.25, -0.2) is 8.42 Å². The van der Waals surface area contributed by atoms with E-state index in [4.69, 9.17) is 0 Å². The first-order valence-electron chi connectivity index (χ1n) is 7.20. The van der Waals surface area contributed by atoms with E-state index in [9.17, 15) is 8.42 Å². The van der Waals surface area contributed by atoms with Crippen molar-refractivity contribution in [3.05, 3.63) is 47.5 Å². The van der Waals surface area contributed by atoms with Gasteiger partial charge in [0.15, 0.2) is 0 Å². The summed E-state index contributed by atoms with van der Waals surface area (Å²) in [5.41, 5.74) is 3.95. The molecule has 0 saturated carbocycles. The van der Waals surface area contributed by atoms with Crippen LogP contribution in [0.25, 0.3) is 11.0 Å². The van der Waals surface area contributed by atoms with Crippen molar-refractivity contribution in [3.8, 4) is 0 Å². The molecule has 1 aliphatic heterocycles. The van der Waals surface area contributed by atoms with E-state index in [0.717, 1.165) is 36.8 Å². The Labute approximate surface area is 137 Å². The van der Waals surface area contributed by atoms with Gasteiger partial charge >= 0.3 is 0 Å². The topological polar surface area (TPSA) is 84.0 Å². The van der Waals surface area contributed by atoms with Crippen LogP contribution in [-0.2, 0) is 23.0 Å². The maximum Gasteiger partial charge on any atom is 0.264 e. The quantitative estimate of drug-likeness (QED) is 0.759. The average molecular weight is 346 g/mol. The summed E-state index contributed by atoms with van der Waals surface area (Å²) in [6, 6.07) is 10.7. The zero-order chi connectivity index (χ0) is 15.9. The molecule has 2 heterocycles. The lowest BCUT2D eigenvalue weighted by molar-refractivity contribution is 0.602. The van der Waals surface area contributed by atoms with Gasteiger partial charge in [0, 0.05) is 12.2 Å². The lowest BCUT2D eigenvalue weighted by Gasteiger charge is -2.18. The molecule has 23 heavy (non-hydrogen) atoms. The summed E-state index contributed by atoms with van der Waals surface area (Å²) in [6.07, 6.45) is 0.964. The fourth-order valence-electron chi connectivity index (χ4n) is 2.75. The highest BCUT2D eigenvalue weighted by atomic mass is 32.2. The zero-order valence-corrected chi connectivity index (χ0v) is 13.7. The Hall–Kier alpha value is -2.03. The normalized spacial score (nSPS) is 14.6. The van der Waals surface area contributed by atoms with Gasteiger partial charge in [-0.2, -0.15) is 8.75 Å². The lowest BCUT2D eigenvalue weighted by Crippen LogP contribution is -2.23. The Morgan fingerprint density at radius 2 is 2.04 bits per heavy atom. The first-order chi connectivity index (χ1) is 11.1. The highest BCUT2D eigenvalue weighted by Gasteiger charge is 2.20. The Balaban J connectivity index is 1.71. The first-order valence-corrected chi connectivity index (χ1v) is 9.41. The van der Waals surface area contributed by atoms with Gasteiger partial charge in [0.05, 0.1) is 11.7 Å². The summed E-state index contributed by atoms with van der Waals surface area (Å²) in [5.74, 6) is 0. The van der Waals surface area contributed by atoms with Crippen molar-refractivity contribution < 1.29 is 8.42 Å². The van der Waals surface area contributed by atoms with Gasteiger partial charge in [-0.05, 0) is 48.4 Å². The number of sulfonamides is 1. The minimum atomic E-state index is -3.70. The van der Waals surface area contributed by atoms with E-state index in [1.54, 1.807) is 24.3 Å². The number of fused-ring (bicyclic) bond motifs is 2. The summed E-state index contributed by atoms with van der Waals surface area (Å²) in [5, 5.41) is 3.29. The van der Waals surface area contributed by atoms with Crippen molar-refractivity contribution in [1.29, 1.82) is 0 Å². The molecule has 118 valence electrons. The van der Waals surface area contributed by atoms with Crippen LogP contribution in [0.1, 0.15) is 11.1 Å². The lowest BCUT2D eigenvalue weighted by atomic mass is 10.0. The first kappa shape index (κ1) is 14.6. The van der Waals surface area contributed by atoms with Crippen molar-refractivity contribution in [2.45, 2.75) is 17.9 Å². The summed E-state index contributed by atoms with van der Waals surface area (Å²) in [6.45, 7) is 1.72. The second-order valence-electron chi connectivity index (χ2n) is 5.40. The van der Waals surface area contributed by atoms with E-state index < -0.39 is 10.0 Å². The second-order valence-corrected chi connectivity index (χ2v) is 7.58. The molecule has 0 aliphatic carbocycles. The molecule has 0 saturated heterocycles. The van der Waals surface area contributed by atoms with Crippen LogP contribution >= 0.6 is 11.7 Å². The summed E-state index contributed by atoms with van der Waals surface area (Å²) < 4.78 is 36.2. The van der Waals surface area contributed by atoms with E-state index in [0.29, 0.717) is 16.7 Å². The predicted molar refractivity (Wildman–Crippen MR) is 90.1 cm³/mol. The Morgan fingerprint density at radius 1 is 1.13 bits per heavy atom. The average Bonchev–Trinajstić information content (AvgIpc) is 3.02. The molecule has 0 bridgehead atoms. The Kier molecular flexibility index (Phi) is 3.51. The predicted octanol–water partition coefficient (Wildman–Crippen LogP) is 2.14. The molecule has 0 radical (unpaired) electrons. The summed E-state index contributed by atoms with van der Waals surface area (Å²) >= 11 is 1.01. The standard InChI is InChI=1S/C15H14N4O2S2/c20-23(21,14-3-1-2-13-15(14)18-22-17-13)19-12-5-4-10-6-7-16-9-11(10)8-12/h1-5,8,16,19H,6-7,9H2. The van der Waals surface area contributed by atoms with Crippen LogP contribution in [0, 0.1) is 0 Å². The number of benzene rings is 2. The minimum Gasteiger partial charge on any atom is -0.312 e. The fourth-order valence-corrected chi connectivity index (χ4v) is 4.57. The van der Waals surface area contributed by atoms with Crippen LogP contribution in [0.15, 0.2) is 41.3 Å². The van der Waals surface area contributed by atoms with E-state index in [1.165, 1.54) is 5.56 Å². The number of aromatic nitrogens is 2. The smallest absolute Gasteiger partial charge is 0.264 e. The maximum atomic E-state index is 12.7. The largest absolute Gasteiger partial charge is 0.312 e. The fraction of sp³-hybridized carbons (Fsp3) is 0.200. The van der Waals surface area contributed by atoms with Gasteiger partial charge in [-0.1, -0.05) is 12.1 Å². The molecule has 1 aliphatic rings. The van der Waals surface area contributed by atoms with Crippen LogP contribution in [0.5, 0.6) is 0 Å². The molecule has 1 aromatic heterocycles. The molecular weight excluding hydrogens is 332 g/mol. The van der Waals surface area contributed by atoms with Crippen molar-refractivity contribution in [3.63, 3.8) is 0 Å². The third kappa shape index (κ3) is 2.69. The van der Waals surface area contributed by atoms with Crippen LogP contribution in [0.4, 0.5) is 5.69 Å². The van der Waals surface area contributed by atoms with E-state index >= 15 is 0 Å². The number of nitrogens with one attached hydrogen (secondary N) is 2. The molecule has 0 amide bonds. The van der Waals surface area contributed by atoms with Gasteiger partial charge < -0.3 is 5.32 Å². The second kappa shape index (κ2) is 5.55. The molecule has 8 heteroatoms. The van der Waals surface area contributed by atoms with Crippen molar-refractivity contribution >= 4 is 38.5 Å².